The summed E-state index contributed by atoms with van der Waals surface area (Å²) in [4.78, 5) is 71.0. The summed E-state index contributed by atoms with van der Waals surface area (Å²) in [6.45, 7) is -0.845. The number of hydrogen-bond acceptors (Lipinski definition) is 8. The summed E-state index contributed by atoms with van der Waals surface area (Å²) < 4.78 is 0. The van der Waals surface area contributed by atoms with Crippen LogP contribution in [0.5, 0.6) is 0 Å². The van der Waals surface area contributed by atoms with Gasteiger partial charge >= 0.3 is 11.9 Å². The molecule has 15 nitrogen and oxygen atoms in total. The van der Waals surface area contributed by atoms with Crippen molar-refractivity contribution >= 4 is 40.6 Å². The van der Waals surface area contributed by atoms with Gasteiger partial charge in [-0.2, -0.15) is 0 Å². The van der Waals surface area contributed by atoms with Crippen LogP contribution in [0.15, 0.2) is 43.0 Å². The van der Waals surface area contributed by atoms with Gasteiger partial charge in [-0.1, -0.05) is 18.2 Å². The van der Waals surface area contributed by atoms with Gasteiger partial charge in [-0.25, -0.2) is 9.78 Å². The van der Waals surface area contributed by atoms with Gasteiger partial charge in [-0.15, -0.1) is 0 Å². The average Bonchev–Trinajstić information content (AvgIpc) is 3.59. The third-order valence-corrected chi connectivity index (χ3v) is 6.15. The highest BCUT2D eigenvalue weighted by molar-refractivity contribution is 5.95. The van der Waals surface area contributed by atoms with Crippen LogP contribution in [0.4, 0.5) is 0 Å². The van der Waals surface area contributed by atoms with Gasteiger partial charge in [0, 0.05) is 48.3 Å². The van der Waals surface area contributed by atoms with Crippen LogP contribution >= 0.6 is 0 Å². The van der Waals surface area contributed by atoms with E-state index in [1.165, 1.54) is 12.5 Å². The second kappa shape index (κ2) is 13.9. The van der Waals surface area contributed by atoms with Crippen molar-refractivity contribution in [3.63, 3.8) is 0 Å². The van der Waals surface area contributed by atoms with Gasteiger partial charge in [0.05, 0.1) is 19.0 Å². The lowest BCUT2D eigenvalue weighted by Crippen LogP contribution is -2.58. The number of hydrogen-bond donors (Lipinski definition) is 9. The lowest BCUT2D eigenvalue weighted by Gasteiger charge is -2.24. The van der Waals surface area contributed by atoms with Crippen LogP contribution in [0, 0.1) is 0 Å². The molecule has 10 N–H and O–H groups in total. The van der Waals surface area contributed by atoms with E-state index in [2.05, 4.69) is 30.9 Å². The molecule has 4 unspecified atom stereocenters. The molecule has 1 aromatic carbocycles. The van der Waals surface area contributed by atoms with Crippen LogP contribution in [-0.2, 0) is 36.8 Å². The predicted octanol–water partition coefficient (Wildman–Crippen LogP) is -1.60. The number of H-pyrrole nitrogens is 2. The van der Waals surface area contributed by atoms with Crippen LogP contribution in [0.2, 0.25) is 0 Å². The van der Waals surface area contributed by atoms with Crippen LogP contribution in [0.3, 0.4) is 0 Å². The number of aromatic nitrogens is 3. The number of aliphatic carboxylic acids is 2. The summed E-state index contributed by atoms with van der Waals surface area (Å²) in [6, 6.07) is 1.83. The van der Waals surface area contributed by atoms with Gasteiger partial charge in [0.25, 0.3) is 0 Å². The number of carbonyl (C=O) groups excluding carboxylic acids is 3. The molecule has 0 saturated heterocycles. The van der Waals surface area contributed by atoms with Crippen LogP contribution in [0.1, 0.15) is 24.1 Å². The highest BCUT2D eigenvalue weighted by atomic mass is 16.4. The van der Waals surface area contributed by atoms with Crippen molar-refractivity contribution in [2.75, 3.05) is 6.61 Å². The zero-order valence-corrected chi connectivity index (χ0v) is 21.3. The lowest BCUT2D eigenvalue weighted by atomic mass is 10.0. The molecule has 0 aliphatic rings. The highest BCUT2D eigenvalue weighted by Gasteiger charge is 2.31. The molecule has 3 rings (SSSR count). The van der Waals surface area contributed by atoms with Crippen LogP contribution in [-0.4, -0.2) is 90.7 Å². The first-order valence-electron chi connectivity index (χ1n) is 12.3. The number of para-hydroxylation sites is 1. The molecule has 0 saturated carbocycles. The number of nitrogens with one attached hydrogen (secondary N) is 5. The fourth-order valence-electron chi connectivity index (χ4n) is 3.97. The van der Waals surface area contributed by atoms with Gasteiger partial charge in [0.1, 0.15) is 18.1 Å². The molecule has 0 aliphatic carbocycles. The van der Waals surface area contributed by atoms with Crippen molar-refractivity contribution in [3.8, 4) is 0 Å². The smallest absolute Gasteiger partial charge is 0.326 e. The van der Waals surface area contributed by atoms with Crippen molar-refractivity contribution in [1.29, 1.82) is 0 Å². The normalized spacial score (nSPS) is 14.1. The second-order valence-electron chi connectivity index (χ2n) is 9.09. The standard InChI is InChI=1S/C25H31N7O8/c26-16(5-6-21(34)35)22(36)32-20(11-33)24(38)30-18(7-13-9-28-17-4-2-1-3-15(13)17)23(37)31-19(25(39)40)8-14-10-27-12-29-14/h1-4,9-10,12,16,18-20,28,33H,5-8,11,26H2,(H,27,29)(H,30,38)(H,31,37)(H,32,36)(H,34,35)(H,39,40). The molecule has 0 fully saturated rings. The zero-order chi connectivity index (χ0) is 29.2. The van der Waals surface area contributed by atoms with E-state index in [9.17, 15) is 34.2 Å². The Morgan fingerprint density at radius 2 is 1.57 bits per heavy atom. The molecular formula is C25H31N7O8. The van der Waals surface area contributed by atoms with E-state index in [1.54, 1.807) is 12.3 Å². The molecule has 0 bridgehead atoms. The first kappa shape index (κ1) is 29.8. The number of carboxylic acids is 2. The second-order valence-corrected chi connectivity index (χ2v) is 9.09. The van der Waals surface area contributed by atoms with Crippen LogP contribution < -0.4 is 21.7 Å². The fourth-order valence-corrected chi connectivity index (χ4v) is 3.97. The molecule has 0 aliphatic heterocycles. The van der Waals surface area contributed by atoms with E-state index in [1.807, 2.05) is 18.2 Å². The van der Waals surface area contributed by atoms with Crippen molar-refractivity contribution in [3.05, 3.63) is 54.2 Å². The number of fused-ring (bicyclic) bond motifs is 1. The molecule has 40 heavy (non-hydrogen) atoms. The fraction of sp³-hybridized carbons (Fsp3) is 0.360. The maximum atomic E-state index is 13.3. The SMILES string of the molecule is NC(CCC(=O)O)C(=O)NC(CO)C(=O)NC(Cc1c[nH]c2ccccc12)C(=O)NC(Cc1cnc[nH]1)C(=O)O. The molecular weight excluding hydrogens is 526 g/mol. The summed E-state index contributed by atoms with van der Waals surface area (Å²) in [5.41, 5.74) is 7.57. The van der Waals surface area contributed by atoms with Crippen molar-refractivity contribution in [2.24, 2.45) is 5.73 Å². The molecule has 214 valence electrons. The molecule has 15 heteroatoms. The molecule has 2 aromatic heterocycles. The van der Waals surface area contributed by atoms with Crippen molar-refractivity contribution in [2.45, 2.75) is 49.9 Å². The number of rotatable bonds is 15. The largest absolute Gasteiger partial charge is 0.481 e. The Labute approximate surface area is 227 Å². The summed E-state index contributed by atoms with van der Waals surface area (Å²) in [6.07, 6.45) is 3.72. The van der Waals surface area contributed by atoms with E-state index in [0.29, 0.717) is 11.3 Å². The summed E-state index contributed by atoms with van der Waals surface area (Å²) in [5.74, 6) is -5.07. The van der Waals surface area contributed by atoms with Crippen LogP contribution in [0.25, 0.3) is 10.9 Å². The Kier molecular flexibility index (Phi) is 10.3. The van der Waals surface area contributed by atoms with E-state index in [4.69, 9.17) is 10.8 Å². The van der Waals surface area contributed by atoms with Gasteiger partial charge in [0.15, 0.2) is 0 Å². The predicted molar refractivity (Wildman–Crippen MR) is 140 cm³/mol. The van der Waals surface area contributed by atoms with Crippen molar-refractivity contribution < 1.29 is 39.3 Å². The molecule has 2 heterocycles. The minimum absolute atomic E-state index is 0.0534. The van der Waals surface area contributed by atoms with E-state index in [0.717, 1.165) is 10.9 Å². The van der Waals surface area contributed by atoms with Gasteiger partial charge in [-0.3, -0.25) is 19.2 Å². The van der Waals surface area contributed by atoms with E-state index in [-0.39, 0.29) is 25.7 Å². The molecule has 3 aromatic rings. The maximum Gasteiger partial charge on any atom is 0.326 e. The molecule has 0 radical (unpaired) electrons. The number of aromatic amines is 2. The first-order chi connectivity index (χ1) is 19.1. The third kappa shape index (κ3) is 8.12. The first-order valence-corrected chi connectivity index (χ1v) is 12.3. The van der Waals surface area contributed by atoms with Gasteiger partial charge in [0.2, 0.25) is 17.7 Å². The minimum atomic E-state index is -1.51. The van der Waals surface area contributed by atoms with Gasteiger partial charge in [-0.05, 0) is 18.1 Å². The zero-order valence-electron chi connectivity index (χ0n) is 21.3. The summed E-state index contributed by atoms with van der Waals surface area (Å²) in [5, 5.41) is 36.1. The van der Waals surface area contributed by atoms with E-state index >= 15 is 0 Å². The summed E-state index contributed by atoms with van der Waals surface area (Å²) >= 11 is 0. The summed E-state index contributed by atoms with van der Waals surface area (Å²) in [7, 11) is 0. The molecule has 0 spiro atoms. The Morgan fingerprint density at radius 1 is 0.900 bits per heavy atom. The number of aliphatic hydroxyl groups excluding tert-OH is 1. The average molecular weight is 558 g/mol. The number of carboxylic acid groups (broad SMARTS) is 2. The Bertz CT molecular complexity index is 1340. The number of amides is 3. The quantitative estimate of drug-likeness (QED) is 0.103. The molecule has 4 atom stereocenters. The topological polar surface area (TPSA) is 253 Å². The number of nitrogens with zero attached hydrogens (tertiary/aromatic N) is 1. The lowest BCUT2D eigenvalue weighted by molar-refractivity contribution is -0.142. The van der Waals surface area contributed by atoms with Crippen molar-refractivity contribution in [1.82, 2.24) is 30.9 Å². The highest BCUT2D eigenvalue weighted by Crippen LogP contribution is 2.19. The molecule has 3 amide bonds. The minimum Gasteiger partial charge on any atom is -0.481 e. The number of carbonyl (C=O) groups is 5. The maximum absolute atomic E-state index is 13.3. The van der Waals surface area contributed by atoms with Gasteiger partial charge < -0.3 is 47.0 Å². The Hall–Kier alpha value is -4.76. The Morgan fingerprint density at radius 3 is 2.23 bits per heavy atom. The number of aliphatic hydroxyl groups is 1. The number of imidazole rings is 1. The number of nitrogens with two attached hydrogens (primary N) is 1. The Balaban J connectivity index is 1.78. The van der Waals surface area contributed by atoms with E-state index < -0.39 is 60.4 Å². The third-order valence-electron chi connectivity index (χ3n) is 6.15. The monoisotopic (exact) mass is 557 g/mol. The number of benzene rings is 1.